The number of hydrogen-bond acceptors (Lipinski definition) is 0. The highest BCUT2D eigenvalue weighted by molar-refractivity contribution is 5.29. The molecule has 1 aliphatic rings. The Hall–Kier alpha value is -0.590. The molecule has 0 spiro atoms. The topological polar surface area (TPSA) is 0 Å². The predicted molar refractivity (Wildman–Crippen MR) is 41.3 cm³/mol. The molecule has 1 unspecified atom stereocenters. The van der Waals surface area contributed by atoms with Crippen LogP contribution in [-0.4, -0.2) is 0 Å². The van der Waals surface area contributed by atoms with Crippen LogP contribution in [0.3, 0.4) is 0 Å². The van der Waals surface area contributed by atoms with Crippen molar-refractivity contribution >= 4 is 0 Å². The number of rotatable bonds is 0. The predicted octanol–water partition coefficient (Wildman–Crippen LogP) is 3.22. The molecule has 56 valence electrons. The Morgan fingerprint density at radius 3 is 2.60 bits per heavy atom. The molecule has 0 heterocycles. The van der Waals surface area contributed by atoms with Crippen LogP contribution in [0.2, 0.25) is 0 Å². The van der Waals surface area contributed by atoms with Gasteiger partial charge in [-0.3, -0.25) is 0 Å². The summed E-state index contributed by atoms with van der Waals surface area (Å²) in [5, 5.41) is 0. The van der Waals surface area contributed by atoms with Gasteiger partial charge in [-0.1, -0.05) is 18.6 Å². The minimum atomic E-state index is 0.0538. The number of hydrogen-bond donors (Lipinski definition) is 0. The normalized spacial score (nSPS) is 26.8. The van der Waals surface area contributed by atoms with Gasteiger partial charge in [0.1, 0.15) is 5.83 Å². The van der Waals surface area contributed by atoms with Crippen LogP contribution in [-0.2, 0) is 0 Å². The van der Waals surface area contributed by atoms with Gasteiger partial charge in [-0.15, -0.1) is 0 Å². The van der Waals surface area contributed by atoms with E-state index in [1.165, 1.54) is 5.57 Å². The highest BCUT2D eigenvalue weighted by Crippen LogP contribution is 2.28. The van der Waals surface area contributed by atoms with Crippen molar-refractivity contribution < 1.29 is 4.39 Å². The van der Waals surface area contributed by atoms with Gasteiger partial charge in [0, 0.05) is 6.42 Å². The lowest BCUT2D eigenvalue weighted by Gasteiger charge is -2.16. The number of allylic oxidation sites excluding steroid dienone is 4. The first kappa shape index (κ1) is 7.52. The van der Waals surface area contributed by atoms with E-state index in [1.807, 2.05) is 13.0 Å². The minimum Gasteiger partial charge on any atom is -0.212 e. The van der Waals surface area contributed by atoms with Crippen LogP contribution in [0, 0.1) is 5.92 Å². The standard InChI is InChI=1S/C9H13F/c1-6-4-8(3)9(10)5-7(6)2/h4,7H,5H2,1-3H3. The molecule has 1 atom stereocenters. The van der Waals surface area contributed by atoms with E-state index in [0.29, 0.717) is 12.3 Å². The van der Waals surface area contributed by atoms with E-state index in [0.717, 1.165) is 5.57 Å². The van der Waals surface area contributed by atoms with E-state index in [-0.39, 0.29) is 5.83 Å². The first-order valence-corrected chi connectivity index (χ1v) is 3.64. The van der Waals surface area contributed by atoms with Gasteiger partial charge in [0.15, 0.2) is 0 Å². The lowest BCUT2D eigenvalue weighted by atomic mass is 9.91. The summed E-state index contributed by atoms with van der Waals surface area (Å²) in [6.07, 6.45) is 2.53. The third-order valence-corrected chi connectivity index (χ3v) is 2.13. The van der Waals surface area contributed by atoms with Crippen LogP contribution in [0.5, 0.6) is 0 Å². The summed E-state index contributed by atoms with van der Waals surface area (Å²) in [7, 11) is 0. The van der Waals surface area contributed by atoms with Crippen LogP contribution in [0.4, 0.5) is 4.39 Å². The molecule has 0 N–H and O–H groups in total. The molecule has 0 amide bonds. The molecule has 0 nitrogen and oxygen atoms in total. The van der Waals surface area contributed by atoms with E-state index in [9.17, 15) is 4.39 Å². The first-order valence-electron chi connectivity index (χ1n) is 3.64. The van der Waals surface area contributed by atoms with Gasteiger partial charge < -0.3 is 0 Å². The molecule has 0 aliphatic heterocycles. The zero-order chi connectivity index (χ0) is 7.72. The Bertz CT molecular complexity index is 199. The zero-order valence-electron chi connectivity index (χ0n) is 6.74. The maximum Gasteiger partial charge on any atom is 0.103 e. The lowest BCUT2D eigenvalue weighted by Crippen LogP contribution is -2.02. The summed E-state index contributed by atoms with van der Waals surface area (Å²) in [5.74, 6) is 0.446. The van der Waals surface area contributed by atoms with Crippen molar-refractivity contribution in [3.63, 3.8) is 0 Å². The average Bonchev–Trinajstić information content (AvgIpc) is 1.84. The molecule has 0 fully saturated rings. The second kappa shape index (κ2) is 2.57. The number of halogens is 1. The molecule has 0 saturated heterocycles. The van der Waals surface area contributed by atoms with E-state index in [2.05, 4.69) is 13.8 Å². The Labute approximate surface area is 61.4 Å². The Morgan fingerprint density at radius 2 is 2.10 bits per heavy atom. The third-order valence-electron chi connectivity index (χ3n) is 2.13. The van der Waals surface area contributed by atoms with Crippen molar-refractivity contribution in [2.45, 2.75) is 27.2 Å². The van der Waals surface area contributed by atoms with Crippen molar-refractivity contribution in [1.29, 1.82) is 0 Å². The maximum absolute atomic E-state index is 12.8. The SMILES string of the molecule is CC1=CC(C)=C(F)CC1C. The van der Waals surface area contributed by atoms with Crippen LogP contribution in [0.15, 0.2) is 23.0 Å². The zero-order valence-corrected chi connectivity index (χ0v) is 6.74. The third kappa shape index (κ3) is 1.28. The van der Waals surface area contributed by atoms with Gasteiger partial charge in [0.2, 0.25) is 0 Å². The van der Waals surface area contributed by atoms with Crippen LogP contribution in [0.1, 0.15) is 27.2 Å². The van der Waals surface area contributed by atoms with Crippen LogP contribution < -0.4 is 0 Å². The highest BCUT2D eigenvalue weighted by Gasteiger charge is 2.14. The highest BCUT2D eigenvalue weighted by atomic mass is 19.1. The summed E-state index contributed by atoms with van der Waals surface area (Å²) in [4.78, 5) is 0. The summed E-state index contributed by atoms with van der Waals surface area (Å²) in [5.41, 5.74) is 2.09. The van der Waals surface area contributed by atoms with Crippen molar-refractivity contribution in [2.24, 2.45) is 5.92 Å². The largest absolute Gasteiger partial charge is 0.212 e. The Morgan fingerprint density at radius 1 is 1.50 bits per heavy atom. The fourth-order valence-corrected chi connectivity index (χ4v) is 1.15. The van der Waals surface area contributed by atoms with Gasteiger partial charge in [-0.25, -0.2) is 4.39 Å². The molecule has 0 aromatic carbocycles. The molecule has 0 saturated carbocycles. The molecule has 1 rings (SSSR count). The average molecular weight is 140 g/mol. The van der Waals surface area contributed by atoms with Gasteiger partial charge in [0.05, 0.1) is 0 Å². The van der Waals surface area contributed by atoms with Gasteiger partial charge >= 0.3 is 0 Å². The molecule has 0 bridgehead atoms. The summed E-state index contributed by atoms with van der Waals surface area (Å²) in [6, 6.07) is 0. The second-order valence-electron chi connectivity index (χ2n) is 3.08. The van der Waals surface area contributed by atoms with Crippen molar-refractivity contribution in [3.8, 4) is 0 Å². The van der Waals surface area contributed by atoms with Crippen molar-refractivity contribution in [2.75, 3.05) is 0 Å². The Balaban J connectivity index is 2.88. The molecular formula is C9H13F. The quantitative estimate of drug-likeness (QED) is 0.484. The molecule has 0 aromatic rings. The molecular weight excluding hydrogens is 127 g/mol. The van der Waals surface area contributed by atoms with Crippen molar-refractivity contribution in [3.05, 3.63) is 23.0 Å². The van der Waals surface area contributed by atoms with E-state index >= 15 is 0 Å². The van der Waals surface area contributed by atoms with Crippen LogP contribution in [0.25, 0.3) is 0 Å². The molecule has 10 heavy (non-hydrogen) atoms. The molecule has 0 radical (unpaired) electrons. The minimum absolute atomic E-state index is 0.0538. The molecule has 1 aliphatic carbocycles. The van der Waals surface area contributed by atoms with Crippen molar-refractivity contribution in [1.82, 2.24) is 0 Å². The lowest BCUT2D eigenvalue weighted by molar-refractivity contribution is 0.512. The van der Waals surface area contributed by atoms with Gasteiger partial charge in [-0.2, -0.15) is 0 Å². The van der Waals surface area contributed by atoms with Gasteiger partial charge in [0.25, 0.3) is 0 Å². The van der Waals surface area contributed by atoms with E-state index in [1.54, 1.807) is 0 Å². The monoisotopic (exact) mass is 140 g/mol. The molecule has 1 heteroatoms. The second-order valence-corrected chi connectivity index (χ2v) is 3.08. The van der Waals surface area contributed by atoms with E-state index in [4.69, 9.17) is 0 Å². The van der Waals surface area contributed by atoms with Gasteiger partial charge in [-0.05, 0) is 25.3 Å². The maximum atomic E-state index is 12.8. The molecule has 0 aromatic heterocycles. The summed E-state index contributed by atoms with van der Waals surface area (Å²) in [6.45, 7) is 5.93. The fraction of sp³-hybridized carbons (Fsp3) is 0.556. The smallest absolute Gasteiger partial charge is 0.103 e. The Kier molecular flexibility index (Phi) is 1.93. The van der Waals surface area contributed by atoms with Crippen LogP contribution >= 0.6 is 0 Å². The van der Waals surface area contributed by atoms with E-state index < -0.39 is 0 Å². The summed E-state index contributed by atoms with van der Waals surface area (Å²) >= 11 is 0. The fourth-order valence-electron chi connectivity index (χ4n) is 1.15. The summed E-state index contributed by atoms with van der Waals surface area (Å²) < 4.78 is 12.8. The first-order chi connectivity index (χ1) is 4.61.